The van der Waals surface area contributed by atoms with E-state index >= 15 is 0 Å². The highest BCUT2D eigenvalue weighted by Crippen LogP contribution is 2.42. The minimum absolute atomic E-state index is 0. The highest BCUT2D eigenvalue weighted by atomic mass is 35.5. The zero-order valence-corrected chi connectivity index (χ0v) is 21.7. The van der Waals surface area contributed by atoms with Gasteiger partial charge in [0.05, 0.1) is 18.1 Å². The molecule has 0 aliphatic carbocycles. The van der Waals surface area contributed by atoms with E-state index in [1.54, 1.807) is 13.1 Å². The molecule has 0 bridgehead atoms. The number of hydrogen-bond acceptors (Lipinski definition) is 5. The summed E-state index contributed by atoms with van der Waals surface area (Å²) in [4.78, 5) is 33.9. The van der Waals surface area contributed by atoms with E-state index in [2.05, 4.69) is 15.2 Å². The zero-order chi connectivity index (χ0) is 24.0. The molecule has 35 heavy (non-hydrogen) atoms. The average molecular weight is 521 g/mol. The fourth-order valence-corrected chi connectivity index (χ4v) is 5.30. The Morgan fingerprint density at radius 2 is 1.97 bits per heavy atom. The summed E-state index contributed by atoms with van der Waals surface area (Å²) in [5.74, 6) is 0.289. The third-order valence-corrected chi connectivity index (χ3v) is 7.30. The van der Waals surface area contributed by atoms with Crippen LogP contribution < -0.4 is 5.32 Å². The number of rotatable bonds is 8. The molecule has 1 atom stereocenters. The maximum absolute atomic E-state index is 13.3. The minimum atomic E-state index is -0.421. The highest BCUT2D eigenvalue weighted by molar-refractivity contribution is 6.30. The summed E-state index contributed by atoms with van der Waals surface area (Å²) < 4.78 is 5.10. The molecular formula is C26H34Cl2N4O3. The third kappa shape index (κ3) is 6.87. The molecule has 1 unspecified atom stereocenters. The van der Waals surface area contributed by atoms with E-state index in [0.29, 0.717) is 18.2 Å². The standard InChI is InChI=1S/C26H33ClN4O3.ClH/c1-2-34-25(33)29-23(21-6-3-7-22(27)17-21)8-13-30-14-9-26(10-15-30)11-16-31(24(26)32)19-20-5-4-12-28-18-20;/h3-7,12,17-18,23H,2,8-11,13-16,19H2,1H3,(H,29,33);1H. The molecule has 2 aliphatic heterocycles. The van der Waals surface area contributed by atoms with Crippen molar-refractivity contribution in [2.24, 2.45) is 5.41 Å². The van der Waals surface area contributed by atoms with Gasteiger partial charge < -0.3 is 19.9 Å². The number of halogens is 2. The number of piperidine rings is 1. The highest BCUT2D eigenvalue weighted by Gasteiger charge is 2.47. The maximum atomic E-state index is 13.3. The second-order valence-electron chi connectivity index (χ2n) is 9.22. The Morgan fingerprint density at radius 1 is 1.20 bits per heavy atom. The van der Waals surface area contributed by atoms with Crippen LogP contribution in [0.5, 0.6) is 0 Å². The molecule has 190 valence electrons. The number of benzene rings is 1. The van der Waals surface area contributed by atoms with Crippen LogP contribution in [-0.2, 0) is 16.1 Å². The fraction of sp³-hybridized carbons (Fsp3) is 0.500. The quantitative estimate of drug-likeness (QED) is 0.538. The van der Waals surface area contributed by atoms with E-state index in [-0.39, 0.29) is 29.8 Å². The first-order valence-electron chi connectivity index (χ1n) is 12.1. The summed E-state index contributed by atoms with van der Waals surface area (Å²) in [5, 5.41) is 3.62. The van der Waals surface area contributed by atoms with Gasteiger partial charge in [0.2, 0.25) is 5.91 Å². The Morgan fingerprint density at radius 3 is 2.66 bits per heavy atom. The van der Waals surface area contributed by atoms with Gasteiger partial charge >= 0.3 is 6.09 Å². The number of ether oxygens (including phenoxy) is 1. The molecule has 0 saturated carbocycles. The van der Waals surface area contributed by atoms with E-state index in [9.17, 15) is 9.59 Å². The van der Waals surface area contributed by atoms with Gasteiger partial charge in [0, 0.05) is 37.1 Å². The van der Waals surface area contributed by atoms with E-state index in [1.165, 1.54) is 0 Å². The minimum Gasteiger partial charge on any atom is -0.450 e. The molecular weight excluding hydrogens is 487 g/mol. The summed E-state index contributed by atoms with van der Waals surface area (Å²) in [7, 11) is 0. The van der Waals surface area contributed by atoms with Crippen molar-refractivity contribution in [3.05, 3.63) is 64.9 Å². The Kier molecular flexibility index (Phi) is 9.78. The van der Waals surface area contributed by atoms with Gasteiger partial charge in [-0.05, 0) is 75.0 Å². The van der Waals surface area contributed by atoms with Crippen LogP contribution in [0.2, 0.25) is 5.02 Å². The molecule has 0 radical (unpaired) electrons. The number of alkyl carbamates (subject to hydrolysis) is 1. The maximum Gasteiger partial charge on any atom is 0.407 e. The number of aromatic nitrogens is 1. The Balaban J connectivity index is 0.00000342. The third-order valence-electron chi connectivity index (χ3n) is 7.06. The number of carbonyl (C=O) groups is 2. The van der Waals surface area contributed by atoms with Gasteiger partial charge in [-0.2, -0.15) is 0 Å². The topological polar surface area (TPSA) is 74.8 Å². The summed E-state index contributed by atoms with van der Waals surface area (Å²) in [6.07, 6.45) is 6.59. The monoisotopic (exact) mass is 520 g/mol. The number of amides is 2. The predicted octanol–water partition coefficient (Wildman–Crippen LogP) is 4.85. The van der Waals surface area contributed by atoms with Crippen molar-refractivity contribution in [3.8, 4) is 0 Å². The van der Waals surface area contributed by atoms with Crippen LogP contribution in [0.3, 0.4) is 0 Å². The first-order chi connectivity index (χ1) is 16.5. The van der Waals surface area contributed by atoms with E-state index in [1.807, 2.05) is 47.5 Å². The lowest BCUT2D eigenvalue weighted by molar-refractivity contribution is -0.138. The van der Waals surface area contributed by atoms with Gasteiger partial charge in [-0.15, -0.1) is 12.4 Å². The number of likely N-dealkylation sites (tertiary alicyclic amines) is 2. The Bertz CT molecular complexity index is 984. The lowest BCUT2D eigenvalue weighted by Crippen LogP contribution is -2.45. The summed E-state index contributed by atoms with van der Waals surface area (Å²) in [5.41, 5.74) is 1.81. The van der Waals surface area contributed by atoms with Gasteiger partial charge in [-0.1, -0.05) is 29.8 Å². The number of pyridine rings is 1. The van der Waals surface area contributed by atoms with E-state index in [0.717, 1.165) is 63.0 Å². The number of hydrogen-bond donors (Lipinski definition) is 1. The molecule has 9 heteroatoms. The van der Waals surface area contributed by atoms with Gasteiger partial charge in [0.25, 0.3) is 0 Å². The van der Waals surface area contributed by atoms with Crippen LogP contribution in [0.25, 0.3) is 0 Å². The van der Waals surface area contributed by atoms with Crippen LogP contribution in [0.15, 0.2) is 48.8 Å². The van der Waals surface area contributed by atoms with Crippen molar-refractivity contribution < 1.29 is 14.3 Å². The van der Waals surface area contributed by atoms with E-state index in [4.69, 9.17) is 16.3 Å². The Labute approximate surface area is 218 Å². The van der Waals surface area contributed by atoms with Crippen LogP contribution in [0.1, 0.15) is 49.8 Å². The van der Waals surface area contributed by atoms with Crippen molar-refractivity contribution in [1.82, 2.24) is 20.1 Å². The molecule has 2 fully saturated rings. The van der Waals surface area contributed by atoms with Crippen molar-refractivity contribution in [2.75, 3.05) is 32.8 Å². The van der Waals surface area contributed by atoms with Gasteiger partial charge in [-0.25, -0.2) is 4.79 Å². The summed E-state index contributed by atoms with van der Waals surface area (Å²) in [6, 6.07) is 11.3. The molecule has 4 rings (SSSR count). The van der Waals surface area contributed by atoms with Crippen LogP contribution in [-0.4, -0.2) is 59.6 Å². The molecule has 2 aliphatic rings. The molecule has 1 spiro atoms. The average Bonchev–Trinajstić information content (AvgIpc) is 3.13. The van der Waals surface area contributed by atoms with Gasteiger partial charge in [-0.3, -0.25) is 9.78 Å². The zero-order valence-electron chi connectivity index (χ0n) is 20.1. The largest absolute Gasteiger partial charge is 0.450 e. The molecule has 2 saturated heterocycles. The number of nitrogens with zero attached hydrogens (tertiary/aromatic N) is 3. The van der Waals surface area contributed by atoms with Gasteiger partial charge in [0.1, 0.15) is 0 Å². The molecule has 3 heterocycles. The number of nitrogens with one attached hydrogen (secondary N) is 1. The molecule has 2 aromatic rings. The molecule has 2 amide bonds. The summed E-state index contributed by atoms with van der Waals surface area (Å²) in [6.45, 7) is 6.16. The van der Waals surface area contributed by atoms with Crippen molar-refractivity contribution in [2.45, 2.75) is 45.2 Å². The fourth-order valence-electron chi connectivity index (χ4n) is 5.10. The second-order valence-corrected chi connectivity index (χ2v) is 9.66. The second kappa shape index (κ2) is 12.6. The smallest absolute Gasteiger partial charge is 0.407 e. The number of carbonyl (C=O) groups excluding carboxylic acids is 2. The molecule has 1 N–H and O–H groups in total. The van der Waals surface area contributed by atoms with Crippen LogP contribution in [0, 0.1) is 5.41 Å². The summed E-state index contributed by atoms with van der Waals surface area (Å²) >= 11 is 6.19. The molecule has 7 nitrogen and oxygen atoms in total. The lowest BCUT2D eigenvalue weighted by atomic mass is 9.77. The SMILES string of the molecule is CCOC(=O)NC(CCN1CCC2(CC1)CCN(Cc1cccnc1)C2=O)c1cccc(Cl)c1.Cl. The predicted molar refractivity (Wildman–Crippen MR) is 139 cm³/mol. The van der Waals surface area contributed by atoms with Crippen molar-refractivity contribution in [1.29, 1.82) is 0 Å². The van der Waals surface area contributed by atoms with Crippen LogP contribution in [0.4, 0.5) is 4.79 Å². The normalized spacial score (nSPS) is 18.2. The van der Waals surface area contributed by atoms with Crippen molar-refractivity contribution >= 4 is 36.0 Å². The molecule has 1 aromatic carbocycles. The van der Waals surface area contributed by atoms with Gasteiger partial charge in [0.15, 0.2) is 0 Å². The lowest BCUT2D eigenvalue weighted by Gasteiger charge is -2.38. The van der Waals surface area contributed by atoms with Crippen LogP contribution >= 0.6 is 24.0 Å². The first-order valence-corrected chi connectivity index (χ1v) is 12.5. The van der Waals surface area contributed by atoms with Crippen molar-refractivity contribution in [3.63, 3.8) is 0 Å². The first kappa shape index (κ1) is 27.2. The Hall–Kier alpha value is -2.35. The molecule has 1 aromatic heterocycles. The van der Waals surface area contributed by atoms with E-state index < -0.39 is 6.09 Å².